The zero-order valence-corrected chi connectivity index (χ0v) is 15.9. The van der Waals surface area contributed by atoms with Crippen LogP contribution in [0.2, 0.25) is 0 Å². The largest absolute Gasteiger partial charge is 0.463 e. The van der Waals surface area contributed by atoms with Crippen molar-refractivity contribution in [2.24, 2.45) is 0 Å². The van der Waals surface area contributed by atoms with Gasteiger partial charge in [-0.25, -0.2) is 0 Å². The number of allylic oxidation sites excluding steroid dienone is 4. The predicted molar refractivity (Wildman–Crippen MR) is 102 cm³/mol. The van der Waals surface area contributed by atoms with Gasteiger partial charge in [-0.3, -0.25) is 4.79 Å². The standard InChI is InChI=1S/C21H38O3/c1-3-4-5-6-7-8-9-10-11-12-13-14-15-16-17-18-21(22)24-20-19-23-2/h7-8,10-11H,3-6,9,12-20H2,1-2H3. The van der Waals surface area contributed by atoms with Gasteiger partial charge < -0.3 is 9.47 Å². The summed E-state index contributed by atoms with van der Waals surface area (Å²) in [6.07, 6.45) is 22.8. The molecule has 0 heterocycles. The topological polar surface area (TPSA) is 35.5 Å². The lowest BCUT2D eigenvalue weighted by molar-refractivity contribution is -0.145. The number of hydrogen-bond donors (Lipinski definition) is 0. The monoisotopic (exact) mass is 338 g/mol. The molecule has 0 spiro atoms. The predicted octanol–water partition coefficient (Wildman–Crippen LogP) is 5.99. The van der Waals surface area contributed by atoms with Gasteiger partial charge in [0.15, 0.2) is 0 Å². The van der Waals surface area contributed by atoms with Crippen LogP contribution in [0.4, 0.5) is 0 Å². The van der Waals surface area contributed by atoms with Crippen LogP contribution in [0, 0.1) is 0 Å². The Balaban J connectivity index is 3.24. The van der Waals surface area contributed by atoms with Crippen molar-refractivity contribution in [2.75, 3.05) is 20.3 Å². The maximum Gasteiger partial charge on any atom is 0.305 e. The molecule has 24 heavy (non-hydrogen) atoms. The number of rotatable bonds is 17. The third kappa shape index (κ3) is 19.0. The summed E-state index contributed by atoms with van der Waals surface area (Å²) in [5, 5.41) is 0. The molecule has 0 aromatic carbocycles. The van der Waals surface area contributed by atoms with Crippen LogP contribution in [0.5, 0.6) is 0 Å². The van der Waals surface area contributed by atoms with Gasteiger partial charge in [-0.2, -0.15) is 0 Å². The Hall–Kier alpha value is -1.09. The minimum Gasteiger partial charge on any atom is -0.463 e. The molecule has 0 saturated carbocycles. The molecular weight excluding hydrogens is 300 g/mol. The zero-order chi connectivity index (χ0) is 17.7. The lowest BCUT2D eigenvalue weighted by Gasteiger charge is -2.03. The summed E-state index contributed by atoms with van der Waals surface area (Å²) in [5.74, 6) is -0.0993. The molecule has 0 N–H and O–H groups in total. The van der Waals surface area contributed by atoms with Gasteiger partial charge in [0.1, 0.15) is 6.61 Å². The van der Waals surface area contributed by atoms with E-state index < -0.39 is 0 Å². The molecule has 0 bridgehead atoms. The summed E-state index contributed by atoms with van der Waals surface area (Å²) >= 11 is 0. The van der Waals surface area contributed by atoms with Crippen LogP contribution in [0.25, 0.3) is 0 Å². The molecule has 0 aliphatic rings. The van der Waals surface area contributed by atoms with E-state index >= 15 is 0 Å². The maximum absolute atomic E-state index is 11.4. The fraction of sp³-hybridized carbons (Fsp3) is 0.762. The number of ether oxygens (including phenoxy) is 2. The number of carbonyl (C=O) groups is 1. The molecule has 3 heteroatoms. The number of esters is 1. The molecular formula is C21H38O3. The molecule has 0 unspecified atom stereocenters. The fourth-order valence-electron chi connectivity index (χ4n) is 2.39. The molecule has 0 amide bonds. The van der Waals surface area contributed by atoms with Gasteiger partial charge in [0, 0.05) is 13.5 Å². The van der Waals surface area contributed by atoms with Crippen molar-refractivity contribution in [2.45, 2.75) is 84.0 Å². The first-order valence-corrected chi connectivity index (χ1v) is 9.75. The van der Waals surface area contributed by atoms with E-state index in [2.05, 4.69) is 31.2 Å². The highest BCUT2D eigenvalue weighted by atomic mass is 16.6. The highest BCUT2D eigenvalue weighted by Gasteiger charge is 2.01. The lowest BCUT2D eigenvalue weighted by atomic mass is 10.1. The van der Waals surface area contributed by atoms with Crippen LogP contribution in [0.15, 0.2) is 24.3 Å². The summed E-state index contributed by atoms with van der Waals surface area (Å²) in [4.78, 5) is 11.4. The Morgan fingerprint density at radius 3 is 2.08 bits per heavy atom. The van der Waals surface area contributed by atoms with E-state index in [1.54, 1.807) is 7.11 Å². The van der Waals surface area contributed by atoms with Crippen molar-refractivity contribution in [1.29, 1.82) is 0 Å². The second-order valence-electron chi connectivity index (χ2n) is 6.19. The van der Waals surface area contributed by atoms with Crippen molar-refractivity contribution in [3.05, 3.63) is 24.3 Å². The van der Waals surface area contributed by atoms with E-state index in [4.69, 9.17) is 9.47 Å². The molecule has 0 saturated heterocycles. The van der Waals surface area contributed by atoms with Crippen molar-refractivity contribution < 1.29 is 14.3 Å². The average Bonchev–Trinajstić information content (AvgIpc) is 2.58. The van der Waals surface area contributed by atoms with Crippen LogP contribution in [0.3, 0.4) is 0 Å². The number of hydrogen-bond acceptors (Lipinski definition) is 3. The highest BCUT2D eigenvalue weighted by Crippen LogP contribution is 2.08. The van der Waals surface area contributed by atoms with Crippen LogP contribution in [-0.4, -0.2) is 26.3 Å². The highest BCUT2D eigenvalue weighted by molar-refractivity contribution is 5.69. The van der Waals surface area contributed by atoms with Gasteiger partial charge in [0.25, 0.3) is 0 Å². The summed E-state index contributed by atoms with van der Waals surface area (Å²) in [5.41, 5.74) is 0. The fourth-order valence-corrected chi connectivity index (χ4v) is 2.39. The van der Waals surface area contributed by atoms with E-state index in [0.717, 1.165) is 19.3 Å². The maximum atomic E-state index is 11.4. The van der Waals surface area contributed by atoms with Gasteiger partial charge in [0.2, 0.25) is 0 Å². The van der Waals surface area contributed by atoms with Gasteiger partial charge in [-0.15, -0.1) is 0 Å². The van der Waals surface area contributed by atoms with Gasteiger partial charge in [-0.1, -0.05) is 63.3 Å². The minimum absolute atomic E-state index is 0.0993. The number of carbonyl (C=O) groups excluding carboxylic acids is 1. The van der Waals surface area contributed by atoms with Gasteiger partial charge in [0.05, 0.1) is 6.61 Å². The smallest absolute Gasteiger partial charge is 0.305 e. The molecule has 140 valence electrons. The van der Waals surface area contributed by atoms with Crippen molar-refractivity contribution in [1.82, 2.24) is 0 Å². The van der Waals surface area contributed by atoms with Crippen LogP contribution in [0.1, 0.15) is 84.0 Å². The molecule has 0 aromatic rings. The normalized spacial score (nSPS) is 11.6. The van der Waals surface area contributed by atoms with Crippen LogP contribution in [-0.2, 0) is 14.3 Å². The summed E-state index contributed by atoms with van der Waals surface area (Å²) in [6, 6.07) is 0. The summed E-state index contributed by atoms with van der Waals surface area (Å²) in [7, 11) is 1.61. The minimum atomic E-state index is -0.0993. The van der Waals surface area contributed by atoms with Crippen molar-refractivity contribution in [3.63, 3.8) is 0 Å². The molecule has 0 aliphatic carbocycles. The quantitative estimate of drug-likeness (QED) is 0.186. The van der Waals surface area contributed by atoms with E-state index in [1.165, 1.54) is 51.4 Å². The Bertz CT molecular complexity index is 321. The SMILES string of the molecule is CCCCCC=CCC=CCCCCCCCC(=O)OCCOC. The van der Waals surface area contributed by atoms with Gasteiger partial charge >= 0.3 is 5.97 Å². The zero-order valence-electron chi connectivity index (χ0n) is 15.9. The number of unbranched alkanes of at least 4 members (excludes halogenated alkanes) is 8. The molecule has 0 fully saturated rings. The first-order valence-electron chi connectivity index (χ1n) is 9.75. The summed E-state index contributed by atoms with van der Waals surface area (Å²) in [6.45, 7) is 3.09. The van der Waals surface area contributed by atoms with E-state index in [9.17, 15) is 4.79 Å². The third-order valence-electron chi connectivity index (χ3n) is 3.88. The number of methoxy groups -OCH3 is 1. The molecule has 0 aliphatic heterocycles. The Morgan fingerprint density at radius 1 is 0.792 bits per heavy atom. The first-order chi connectivity index (χ1) is 11.8. The molecule has 0 aromatic heterocycles. The van der Waals surface area contributed by atoms with E-state index in [-0.39, 0.29) is 5.97 Å². The average molecular weight is 339 g/mol. The second kappa shape index (κ2) is 20.0. The van der Waals surface area contributed by atoms with Crippen LogP contribution >= 0.6 is 0 Å². The van der Waals surface area contributed by atoms with Crippen molar-refractivity contribution in [3.8, 4) is 0 Å². The van der Waals surface area contributed by atoms with Gasteiger partial charge in [-0.05, 0) is 38.5 Å². The Kier molecular flexibility index (Phi) is 19.0. The van der Waals surface area contributed by atoms with Crippen LogP contribution < -0.4 is 0 Å². The van der Waals surface area contributed by atoms with E-state index in [1.807, 2.05) is 0 Å². The Labute approximate surface area is 149 Å². The molecule has 3 nitrogen and oxygen atoms in total. The van der Waals surface area contributed by atoms with E-state index in [0.29, 0.717) is 19.6 Å². The molecule has 0 radical (unpaired) electrons. The Morgan fingerprint density at radius 2 is 1.42 bits per heavy atom. The lowest BCUT2D eigenvalue weighted by Crippen LogP contribution is -2.09. The third-order valence-corrected chi connectivity index (χ3v) is 3.88. The first kappa shape index (κ1) is 22.9. The molecule has 0 atom stereocenters. The summed E-state index contributed by atoms with van der Waals surface area (Å²) < 4.78 is 9.86. The molecule has 0 rings (SSSR count). The second-order valence-corrected chi connectivity index (χ2v) is 6.19. The van der Waals surface area contributed by atoms with Crippen molar-refractivity contribution >= 4 is 5.97 Å².